The number of nitrogens with zero attached hydrogens (tertiary/aromatic N) is 3. The highest BCUT2D eigenvalue weighted by Gasteiger charge is 2.15. The smallest absolute Gasteiger partial charge is 0.146 e. The fraction of sp³-hybridized carbons (Fsp3) is 0.385. The minimum absolute atomic E-state index is 0.0671. The molecule has 96 valence electrons. The lowest BCUT2D eigenvalue weighted by molar-refractivity contribution is 0.530. The molecule has 0 aliphatic rings. The van der Waals surface area contributed by atoms with Crippen LogP contribution in [0.3, 0.4) is 0 Å². The molecular formula is C13H17FN4. The van der Waals surface area contributed by atoms with Crippen molar-refractivity contribution in [2.45, 2.75) is 25.9 Å². The lowest BCUT2D eigenvalue weighted by atomic mass is 10.0. The molecule has 0 radical (unpaired) electrons. The van der Waals surface area contributed by atoms with Gasteiger partial charge in [-0.3, -0.25) is 9.67 Å². The van der Waals surface area contributed by atoms with Crippen LogP contribution in [0.1, 0.15) is 24.1 Å². The van der Waals surface area contributed by atoms with Crippen molar-refractivity contribution in [3.63, 3.8) is 0 Å². The predicted molar refractivity (Wildman–Crippen MR) is 67.6 cm³/mol. The predicted octanol–water partition coefficient (Wildman–Crippen LogP) is 1.94. The molecule has 2 heterocycles. The lowest BCUT2D eigenvalue weighted by Gasteiger charge is -2.16. The first-order chi connectivity index (χ1) is 8.74. The van der Waals surface area contributed by atoms with E-state index in [9.17, 15) is 4.39 Å². The third kappa shape index (κ3) is 2.73. The van der Waals surface area contributed by atoms with Crippen LogP contribution >= 0.6 is 0 Å². The molecule has 0 aliphatic heterocycles. The second kappa shape index (κ2) is 5.73. The van der Waals surface area contributed by atoms with Gasteiger partial charge in [0.2, 0.25) is 0 Å². The van der Waals surface area contributed by atoms with E-state index in [4.69, 9.17) is 0 Å². The van der Waals surface area contributed by atoms with E-state index < -0.39 is 0 Å². The van der Waals surface area contributed by atoms with E-state index in [0.717, 1.165) is 12.1 Å². The first kappa shape index (κ1) is 12.7. The average Bonchev–Trinajstić information content (AvgIpc) is 2.85. The summed E-state index contributed by atoms with van der Waals surface area (Å²) in [4.78, 5) is 3.77. The second-order valence-electron chi connectivity index (χ2n) is 4.15. The normalized spacial score (nSPS) is 12.6. The Bertz CT molecular complexity index is 509. The van der Waals surface area contributed by atoms with Crippen LogP contribution in [0.15, 0.2) is 30.9 Å². The molecule has 1 unspecified atom stereocenters. The van der Waals surface area contributed by atoms with Gasteiger partial charge in [-0.2, -0.15) is 5.10 Å². The molecule has 1 N–H and O–H groups in total. The van der Waals surface area contributed by atoms with E-state index in [-0.39, 0.29) is 11.9 Å². The molecular weight excluding hydrogens is 231 g/mol. The summed E-state index contributed by atoms with van der Waals surface area (Å²) in [6.07, 6.45) is 7.38. The Balaban J connectivity index is 2.17. The Kier molecular flexibility index (Phi) is 4.04. The number of aryl methyl sites for hydroxylation is 1. The van der Waals surface area contributed by atoms with Gasteiger partial charge in [0.05, 0.1) is 12.4 Å². The van der Waals surface area contributed by atoms with Gasteiger partial charge < -0.3 is 5.32 Å². The zero-order valence-electron chi connectivity index (χ0n) is 10.6. The maximum atomic E-state index is 13.7. The van der Waals surface area contributed by atoms with E-state index in [1.165, 1.54) is 6.20 Å². The highest BCUT2D eigenvalue weighted by Crippen LogP contribution is 2.19. The van der Waals surface area contributed by atoms with Crippen LogP contribution in [0.4, 0.5) is 4.39 Å². The fourth-order valence-electron chi connectivity index (χ4n) is 1.96. The zero-order chi connectivity index (χ0) is 13.0. The van der Waals surface area contributed by atoms with Gasteiger partial charge in [0.25, 0.3) is 0 Å². The zero-order valence-corrected chi connectivity index (χ0v) is 10.6. The maximum Gasteiger partial charge on any atom is 0.146 e. The molecule has 18 heavy (non-hydrogen) atoms. The average molecular weight is 248 g/mol. The number of pyridine rings is 1. The standard InChI is InChI=1S/C13H17FN4/c1-3-18-9-10(7-17-18)6-13(15-2)11-4-5-16-8-12(11)14/h4-5,7-9,13,15H,3,6H2,1-2H3. The Morgan fingerprint density at radius 2 is 2.28 bits per heavy atom. The van der Waals surface area contributed by atoms with Crippen molar-refractivity contribution in [2.75, 3.05) is 7.05 Å². The third-order valence-electron chi connectivity index (χ3n) is 2.98. The van der Waals surface area contributed by atoms with E-state index in [2.05, 4.69) is 15.4 Å². The first-order valence-electron chi connectivity index (χ1n) is 6.02. The number of hydrogen-bond acceptors (Lipinski definition) is 3. The van der Waals surface area contributed by atoms with Crippen molar-refractivity contribution in [1.29, 1.82) is 0 Å². The minimum atomic E-state index is -0.278. The van der Waals surface area contributed by atoms with E-state index in [0.29, 0.717) is 12.0 Å². The Labute approximate surface area is 106 Å². The molecule has 0 amide bonds. The third-order valence-corrected chi connectivity index (χ3v) is 2.98. The van der Waals surface area contributed by atoms with E-state index in [1.54, 1.807) is 12.3 Å². The van der Waals surface area contributed by atoms with Crippen molar-refractivity contribution >= 4 is 0 Å². The minimum Gasteiger partial charge on any atom is -0.313 e. The highest BCUT2D eigenvalue weighted by molar-refractivity contribution is 5.20. The summed E-state index contributed by atoms with van der Waals surface area (Å²) in [7, 11) is 1.83. The van der Waals surface area contributed by atoms with Crippen molar-refractivity contribution in [1.82, 2.24) is 20.1 Å². The van der Waals surface area contributed by atoms with Crippen LogP contribution in [0.5, 0.6) is 0 Å². The van der Waals surface area contributed by atoms with Crippen LogP contribution in [-0.4, -0.2) is 21.8 Å². The number of aromatic nitrogens is 3. The van der Waals surface area contributed by atoms with E-state index in [1.807, 2.05) is 31.0 Å². The summed E-state index contributed by atoms with van der Waals surface area (Å²) in [6.45, 7) is 2.88. The van der Waals surface area contributed by atoms with Gasteiger partial charge >= 0.3 is 0 Å². The summed E-state index contributed by atoms with van der Waals surface area (Å²) >= 11 is 0. The van der Waals surface area contributed by atoms with Gasteiger partial charge in [0.15, 0.2) is 0 Å². The molecule has 4 nitrogen and oxygen atoms in total. The molecule has 0 saturated heterocycles. The summed E-state index contributed by atoms with van der Waals surface area (Å²) in [5, 5.41) is 7.35. The molecule has 1 atom stereocenters. The number of rotatable bonds is 5. The van der Waals surface area contributed by atoms with Crippen LogP contribution in [-0.2, 0) is 13.0 Å². The van der Waals surface area contributed by atoms with Gasteiger partial charge in [0, 0.05) is 30.5 Å². The Morgan fingerprint density at radius 3 is 2.89 bits per heavy atom. The van der Waals surface area contributed by atoms with Crippen LogP contribution < -0.4 is 5.32 Å². The van der Waals surface area contributed by atoms with Crippen LogP contribution in [0, 0.1) is 5.82 Å². The summed E-state index contributed by atoms with van der Waals surface area (Å²) in [5.74, 6) is -0.278. The quantitative estimate of drug-likeness (QED) is 0.879. The van der Waals surface area contributed by atoms with Crippen LogP contribution in [0.25, 0.3) is 0 Å². The molecule has 0 aromatic carbocycles. The van der Waals surface area contributed by atoms with Crippen molar-refractivity contribution in [2.24, 2.45) is 0 Å². The lowest BCUT2D eigenvalue weighted by Crippen LogP contribution is -2.20. The second-order valence-corrected chi connectivity index (χ2v) is 4.15. The number of likely N-dealkylation sites (N-methyl/N-ethyl adjacent to an activating group) is 1. The molecule has 5 heteroatoms. The van der Waals surface area contributed by atoms with E-state index >= 15 is 0 Å². The fourth-order valence-corrected chi connectivity index (χ4v) is 1.96. The SMILES string of the molecule is CCn1cc(CC(NC)c2ccncc2F)cn1. The number of halogens is 1. The summed E-state index contributed by atoms with van der Waals surface area (Å²) < 4.78 is 15.5. The van der Waals surface area contributed by atoms with Crippen molar-refractivity contribution < 1.29 is 4.39 Å². The number of nitrogens with one attached hydrogen (secondary N) is 1. The molecule has 0 bridgehead atoms. The van der Waals surface area contributed by atoms with Gasteiger partial charge in [-0.15, -0.1) is 0 Å². The monoisotopic (exact) mass is 248 g/mol. The summed E-state index contributed by atoms with van der Waals surface area (Å²) in [6, 6.07) is 1.64. The van der Waals surface area contributed by atoms with Gasteiger partial charge in [0.1, 0.15) is 5.82 Å². The Morgan fingerprint density at radius 1 is 1.44 bits per heavy atom. The molecule has 0 aliphatic carbocycles. The topological polar surface area (TPSA) is 42.7 Å². The molecule has 0 fully saturated rings. The maximum absolute atomic E-state index is 13.7. The molecule has 0 spiro atoms. The van der Waals surface area contributed by atoms with Gasteiger partial charge in [-0.1, -0.05) is 0 Å². The molecule has 0 saturated carbocycles. The molecule has 2 rings (SSSR count). The molecule has 2 aromatic heterocycles. The Hall–Kier alpha value is -1.75. The highest BCUT2D eigenvalue weighted by atomic mass is 19.1. The van der Waals surface area contributed by atoms with Crippen molar-refractivity contribution in [3.8, 4) is 0 Å². The van der Waals surface area contributed by atoms with Crippen LogP contribution in [0.2, 0.25) is 0 Å². The largest absolute Gasteiger partial charge is 0.313 e. The van der Waals surface area contributed by atoms with Gasteiger partial charge in [-0.05, 0) is 32.0 Å². The van der Waals surface area contributed by atoms with Crippen molar-refractivity contribution in [3.05, 3.63) is 47.8 Å². The first-order valence-corrected chi connectivity index (χ1v) is 6.02. The summed E-state index contributed by atoms with van der Waals surface area (Å²) in [5.41, 5.74) is 1.73. The number of hydrogen-bond donors (Lipinski definition) is 1. The molecule has 2 aromatic rings. The van der Waals surface area contributed by atoms with Gasteiger partial charge in [-0.25, -0.2) is 4.39 Å².